The van der Waals surface area contributed by atoms with E-state index in [4.69, 9.17) is 5.21 Å². The zero-order valence-corrected chi connectivity index (χ0v) is 8.14. The van der Waals surface area contributed by atoms with Gasteiger partial charge in [0.05, 0.1) is 6.21 Å². The molecule has 0 aliphatic rings. The van der Waals surface area contributed by atoms with Crippen LogP contribution in [0.4, 0.5) is 0 Å². The predicted molar refractivity (Wildman–Crippen MR) is 52.2 cm³/mol. The molecule has 2 nitrogen and oxygen atoms in total. The molecule has 0 saturated heterocycles. The Bertz CT molecular complexity index is 265. The maximum Gasteiger partial charge on any atom is 0.0833 e. The summed E-state index contributed by atoms with van der Waals surface area (Å²) in [4.78, 5) is 2.35. The number of nitrogens with zero attached hydrogens (tertiary/aromatic N) is 1. The van der Waals surface area contributed by atoms with Crippen LogP contribution in [0.5, 0.6) is 0 Å². The Labute approximate surface area is 76.5 Å². The van der Waals surface area contributed by atoms with E-state index >= 15 is 0 Å². The lowest BCUT2D eigenvalue weighted by Gasteiger charge is -1.98. The fraction of sp³-hybridized carbons (Fsp3) is 0.444. The van der Waals surface area contributed by atoms with Crippen molar-refractivity contribution in [1.29, 1.82) is 0 Å². The maximum absolute atomic E-state index is 8.29. The molecule has 0 fully saturated rings. The molecular weight excluding hydrogens is 170 g/mol. The summed E-state index contributed by atoms with van der Waals surface area (Å²) in [5, 5.41) is 11.3. The summed E-state index contributed by atoms with van der Waals surface area (Å²) in [7, 11) is 0. The second-order valence-electron chi connectivity index (χ2n) is 3.15. The maximum atomic E-state index is 8.29. The van der Waals surface area contributed by atoms with Gasteiger partial charge in [0, 0.05) is 9.75 Å². The zero-order valence-electron chi connectivity index (χ0n) is 7.32. The molecule has 0 aromatic carbocycles. The summed E-state index contributed by atoms with van der Waals surface area (Å²) < 4.78 is 0. The minimum absolute atomic E-state index is 0.683. The fourth-order valence-corrected chi connectivity index (χ4v) is 2.12. The lowest BCUT2D eigenvalue weighted by molar-refractivity contribution is 0.322. The van der Waals surface area contributed by atoms with Gasteiger partial charge in [-0.05, 0) is 24.5 Å². The molecule has 1 aromatic heterocycles. The van der Waals surface area contributed by atoms with Crippen LogP contribution in [0, 0.1) is 5.92 Å². The summed E-state index contributed by atoms with van der Waals surface area (Å²) in [5.74, 6) is 0.683. The standard InChI is InChI=1S/C9H13NOS/c1-7(2)5-8-3-4-9(12-8)6-10-11/h3-4,6-7,11H,5H2,1-2H3. The van der Waals surface area contributed by atoms with Crippen LogP contribution in [0.1, 0.15) is 23.6 Å². The molecule has 1 heterocycles. The Hall–Kier alpha value is -0.830. The van der Waals surface area contributed by atoms with Crippen LogP contribution in [0.2, 0.25) is 0 Å². The van der Waals surface area contributed by atoms with Crippen LogP contribution in [0.15, 0.2) is 17.3 Å². The first-order valence-electron chi connectivity index (χ1n) is 3.98. The van der Waals surface area contributed by atoms with Crippen LogP contribution in [-0.2, 0) is 6.42 Å². The Morgan fingerprint density at radius 1 is 1.58 bits per heavy atom. The first kappa shape index (κ1) is 9.26. The van der Waals surface area contributed by atoms with Crippen molar-refractivity contribution >= 4 is 17.6 Å². The number of thiophene rings is 1. The molecule has 0 bridgehead atoms. The van der Waals surface area contributed by atoms with Crippen molar-refractivity contribution in [3.05, 3.63) is 21.9 Å². The number of hydrogen-bond donors (Lipinski definition) is 1. The van der Waals surface area contributed by atoms with E-state index in [1.165, 1.54) is 11.1 Å². The van der Waals surface area contributed by atoms with Gasteiger partial charge >= 0.3 is 0 Å². The SMILES string of the molecule is CC(C)Cc1ccc(C=NO)s1. The van der Waals surface area contributed by atoms with Crippen molar-refractivity contribution in [3.8, 4) is 0 Å². The smallest absolute Gasteiger partial charge is 0.0833 e. The molecule has 1 N–H and O–H groups in total. The van der Waals surface area contributed by atoms with E-state index in [1.54, 1.807) is 11.3 Å². The summed E-state index contributed by atoms with van der Waals surface area (Å²) in [6, 6.07) is 4.06. The monoisotopic (exact) mass is 183 g/mol. The highest BCUT2D eigenvalue weighted by Gasteiger charge is 2.00. The molecule has 12 heavy (non-hydrogen) atoms. The summed E-state index contributed by atoms with van der Waals surface area (Å²) >= 11 is 1.68. The van der Waals surface area contributed by atoms with Crippen LogP contribution < -0.4 is 0 Å². The fourth-order valence-electron chi connectivity index (χ4n) is 1.03. The van der Waals surface area contributed by atoms with E-state index in [0.717, 1.165) is 11.3 Å². The number of oxime groups is 1. The van der Waals surface area contributed by atoms with Gasteiger partial charge < -0.3 is 5.21 Å². The average Bonchev–Trinajstić information content (AvgIpc) is 2.36. The zero-order chi connectivity index (χ0) is 8.97. The second-order valence-corrected chi connectivity index (χ2v) is 4.35. The van der Waals surface area contributed by atoms with E-state index in [0.29, 0.717) is 5.92 Å². The first-order valence-corrected chi connectivity index (χ1v) is 4.80. The molecule has 0 atom stereocenters. The van der Waals surface area contributed by atoms with Gasteiger partial charge in [-0.15, -0.1) is 11.3 Å². The van der Waals surface area contributed by atoms with E-state index in [-0.39, 0.29) is 0 Å². The largest absolute Gasteiger partial charge is 0.411 e. The topological polar surface area (TPSA) is 32.6 Å². The lowest BCUT2D eigenvalue weighted by Crippen LogP contribution is -1.89. The minimum Gasteiger partial charge on any atom is -0.411 e. The minimum atomic E-state index is 0.683. The van der Waals surface area contributed by atoms with Crippen molar-refractivity contribution in [2.45, 2.75) is 20.3 Å². The number of rotatable bonds is 3. The molecule has 0 amide bonds. The Morgan fingerprint density at radius 2 is 2.33 bits per heavy atom. The normalized spacial score (nSPS) is 11.6. The van der Waals surface area contributed by atoms with Gasteiger partial charge in [-0.3, -0.25) is 0 Å². The van der Waals surface area contributed by atoms with Gasteiger partial charge in [-0.25, -0.2) is 0 Å². The van der Waals surface area contributed by atoms with E-state index in [1.807, 2.05) is 6.07 Å². The third-order valence-corrected chi connectivity index (χ3v) is 2.52. The van der Waals surface area contributed by atoms with Crippen LogP contribution in [-0.4, -0.2) is 11.4 Å². The quantitative estimate of drug-likeness (QED) is 0.436. The molecule has 0 aliphatic carbocycles. The molecule has 66 valence electrons. The van der Waals surface area contributed by atoms with Gasteiger partial charge in [-0.2, -0.15) is 0 Å². The molecule has 0 spiro atoms. The molecule has 0 unspecified atom stereocenters. The van der Waals surface area contributed by atoms with E-state index in [2.05, 4.69) is 25.1 Å². The van der Waals surface area contributed by atoms with Gasteiger partial charge in [0.1, 0.15) is 0 Å². The van der Waals surface area contributed by atoms with Crippen molar-refractivity contribution < 1.29 is 5.21 Å². The van der Waals surface area contributed by atoms with Crippen molar-refractivity contribution in [2.75, 3.05) is 0 Å². The highest BCUT2D eigenvalue weighted by atomic mass is 32.1. The van der Waals surface area contributed by atoms with Crippen molar-refractivity contribution in [1.82, 2.24) is 0 Å². The third-order valence-electron chi connectivity index (χ3n) is 1.48. The second kappa shape index (κ2) is 4.26. The molecular formula is C9H13NOS. The molecule has 0 saturated carbocycles. The van der Waals surface area contributed by atoms with E-state index in [9.17, 15) is 0 Å². The molecule has 3 heteroatoms. The van der Waals surface area contributed by atoms with Crippen LogP contribution in [0.3, 0.4) is 0 Å². The average molecular weight is 183 g/mol. The highest BCUT2D eigenvalue weighted by molar-refractivity contribution is 7.13. The van der Waals surface area contributed by atoms with E-state index < -0.39 is 0 Å². The van der Waals surface area contributed by atoms with Gasteiger partial charge in [0.15, 0.2) is 0 Å². The Morgan fingerprint density at radius 3 is 2.92 bits per heavy atom. The lowest BCUT2D eigenvalue weighted by atomic mass is 10.1. The van der Waals surface area contributed by atoms with Crippen LogP contribution in [0.25, 0.3) is 0 Å². The van der Waals surface area contributed by atoms with Crippen molar-refractivity contribution in [2.24, 2.45) is 11.1 Å². The molecule has 1 rings (SSSR count). The third kappa shape index (κ3) is 2.66. The van der Waals surface area contributed by atoms with Crippen LogP contribution >= 0.6 is 11.3 Å². The predicted octanol–water partition coefficient (Wildman–Crippen LogP) is 2.75. The van der Waals surface area contributed by atoms with Gasteiger partial charge in [-0.1, -0.05) is 19.0 Å². The Kier molecular flexibility index (Phi) is 3.29. The van der Waals surface area contributed by atoms with Crippen molar-refractivity contribution in [3.63, 3.8) is 0 Å². The summed E-state index contributed by atoms with van der Waals surface area (Å²) in [6.07, 6.45) is 2.57. The molecule has 0 radical (unpaired) electrons. The summed E-state index contributed by atoms with van der Waals surface area (Å²) in [5.41, 5.74) is 0. The highest BCUT2D eigenvalue weighted by Crippen LogP contribution is 2.18. The first-order chi connectivity index (χ1) is 5.72. The number of hydrogen-bond acceptors (Lipinski definition) is 3. The summed E-state index contributed by atoms with van der Waals surface area (Å²) in [6.45, 7) is 4.39. The molecule has 1 aromatic rings. The van der Waals surface area contributed by atoms with Gasteiger partial charge in [0.25, 0.3) is 0 Å². The Balaban J connectivity index is 2.64. The van der Waals surface area contributed by atoms with Gasteiger partial charge in [0.2, 0.25) is 0 Å². The molecule has 0 aliphatic heterocycles.